The average Bonchev–Trinajstić information content (AvgIpc) is 2.94. The molecule has 1 heterocycles. The summed E-state index contributed by atoms with van der Waals surface area (Å²) in [6.07, 6.45) is 6.93. The van der Waals surface area contributed by atoms with Gasteiger partial charge in [-0.05, 0) is 31.0 Å². The van der Waals surface area contributed by atoms with Crippen LogP contribution in [0.2, 0.25) is 5.02 Å². The van der Waals surface area contributed by atoms with Gasteiger partial charge in [-0.3, -0.25) is 0 Å². The van der Waals surface area contributed by atoms with Crippen LogP contribution < -0.4 is 10.5 Å². The molecule has 6 nitrogen and oxygen atoms in total. The van der Waals surface area contributed by atoms with E-state index in [9.17, 15) is 8.42 Å². The number of nitrogen functional groups attached to an aromatic ring is 1. The van der Waals surface area contributed by atoms with Gasteiger partial charge in [0.05, 0.1) is 21.9 Å². The van der Waals surface area contributed by atoms with Crippen LogP contribution in [0.4, 0.5) is 5.69 Å². The molecule has 0 spiro atoms. The molecule has 0 aliphatic heterocycles. The molecule has 2 aromatic rings. The van der Waals surface area contributed by atoms with Crippen molar-refractivity contribution in [3.05, 3.63) is 41.9 Å². The normalized spacial score (nSPS) is 11.7. The minimum atomic E-state index is -3.54. The van der Waals surface area contributed by atoms with Crippen LogP contribution in [0.1, 0.15) is 12.8 Å². The van der Waals surface area contributed by atoms with Crippen molar-refractivity contribution in [1.29, 1.82) is 0 Å². The third kappa shape index (κ3) is 4.45. The van der Waals surface area contributed by atoms with Gasteiger partial charge in [0, 0.05) is 25.5 Å². The van der Waals surface area contributed by atoms with E-state index in [-0.39, 0.29) is 10.6 Å². The molecule has 0 radical (unpaired) electrons. The fraction of sp³-hybridized carbons (Fsp3) is 0.308. The van der Waals surface area contributed by atoms with Gasteiger partial charge in [-0.1, -0.05) is 11.6 Å². The molecule has 21 heavy (non-hydrogen) atoms. The van der Waals surface area contributed by atoms with Crippen molar-refractivity contribution in [2.24, 2.45) is 0 Å². The van der Waals surface area contributed by atoms with Gasteiger partial charge >= 0.3 is 0 Å². The zero-order chi connectivity index (χ0) is 15.3. The zero-order valence-corrected chi connectivity index (χ0v) is 12.9. The fourth-order valence-corrected chi connectivity index (χ4v) is 3.04. The number of nitrogens with one attached hydrogen (secondary N) is 1. The Morgan fingerprint density at radius 1 is 1.33 bits per heavy atom. The molecule has 0 atom stereocenters. The highest BCUT2D eigenvalue weighted by molar-refractivity contribution is 7.89. The molecule has 0 bridgehead atoms. The van der Waals surface area contributed by atoms with Crippen molar-refractivity contribution < 1.29 is 8.42 Å². The van der Waals surface area contributed by atoms with Crippen LogP contribution in [0, 0.1) is 0 Å². The maximum Gasteiger partial charge on any atom is 0.240 e. The van der Waals surface area contributed by atoms with E-state index >= 15 is 0 Å². The van der Waals surface area contributed by atoms with Gasteiger partial charge in [0.15, 0.2) is 0 Å². The van der Waals surface area contributed by atoms with Gasteiger partial charge in [-0.15, -0.1) is 0 Å². The number of halogens is 1. The molecule has 1 aromatic heterocycles. The Kier molecular flexibility index (Phi) is 5.22. The smallest absolute Gasteiger partial charge is 0.240 e. The summed E-state index contributed by atoms with van der Waals surface area (Å²) in [6, 6.07) is 4.27. The van der Waals surface area contributed by atoms with Gasteiger partial charge in [0.25, 0.3) is 0 Å². The fourth-order valence-electron chi connectivity index (χ4n) is 1.82. The first-order valence-corrected chi connectivity index (χ1v) is 8.35. The standard InChI is InChI=1S/C13H17ClN4O2S/c14-12-4-3-11(9-13(12)15)21(19,20)17-5-1-2-7-18-8-6-16-10-18/h3-4,6,8-10,17H,1-2,5,7,15H2. The molecule has 0 saturated heterocycles. The van der Waals surface area contributed by atoms with Gasteiger partial charge in [-0.2, -0.15) is 0 Å². The summed E-state index contributed by atoms with van der Waals surface area (Å²) >= 11 is 5.78. The lowest BCUT2D eigenvalue weighted by Gasteiger charge is -2.08. The molecule has 114 valence electrons. The van der Waals surface area contributed by atoms with Crippen LogP contribution in [-0.4, -0.2) is 24.5 Å². The highest BCUT2D eigenvalue weighted by Gasteiger charge is 2.14. The molecular weight excluding hydrogens is 312 g/mol. The number of imidazole rings is 1. The third-order valence-corrected chi connectivity index (χ3v) is 4.78. The minimum Gasteiger partial charge on any atom is -0.397 e. The number of aryl methyl sites for hydroxylation is 1. The van der Waals surface area contributed by atoms with Gasteiger partial charge in [0.1, 0.15) is 0 Å². The largest absolute Gasteiger partial charge is 0.397 e. The Hall–Kier alpha value is -1.57. The number of aromatic nitrogens is 2. The predicted molar refractivity (Wildman–Crippen MR) is 82.5 cm³/mol. The lowest BCUT2D eigenvalue weighted by Crippen LogP contribution is -2.25. The minimum absolute atomic E-state index is 0.124. The number of hydrogen-bond donors (Lipinski definition) is 2. The molecule has 0 unspecified atom stereocenters. The monoisotopic (exact) mass is 328 g/mol. The summed E-state index contributed by atoms with van der Waals surface area (Å²) in [7, 11) is -3.54. The highest BCUT2D eigenvalue weighted by atomic mass is 35.5. The van der Waals surface area contributed by atoms with E-state index in [1.165, 1.54) is 18.2 Å². The van der Waals surface area contributed by atoms with Crippen LogP contribution in [0.5, 0.6) is 0 Å². The third-order valence-electron chi connectivity index (χ3n) is 2.97. The van der Waals surface area contributed by atoms with Crippen molar-refractivity contribution in [2.75, 3.05) is 12.3 Å². The van der Waals surface area contributed by atoms with Crippen LogP contribution in [0.3, 0.4) is 0 Å². The predicted octanol–water partition coefficient (Wildman–Crippen LogP) is 1.88. The van der Waals surface area contributed by atoms with Crippen molar-refractivity contribution >= 4 is 27.3 Å². The van der Waals surface area contributed by atoms with Crippen molar-refractivity contribution in [3.63, 3.8) is 0 Å². The van der Waals surface area contributed by atoms with E-state index in [1.54, 1.807) is 12.5 Å². The summed E-state index contributed by atoms with van der Waals surface area (Å²) in [6.45, 7) is 1.19. The molecule has 0 amide bonds. The molecule has 2 rings (SSSR count). The summed E-state index contributed by atoms with van der Waals surface area (Å²) in [4.78, 5) is 4.07. The number of unbranched alkanes of at least 4 members (excludes halogenated alkanes) is 1. The van der Waals surface area contributed by atoms with Gasteiger partial charge in [-0.25, -0.2) is 18.1 Å². The van der Waals surface area contributed by atoms with E-state index < -0.39 is 10.0 Å². The Labute approximate surface area is 129 Å². The van der Waals surface area contributed by atoms with Crippen LogP contribution >= 0.6 is 11.6 Å². The van der Waals surface area contributed by atoms with E-state index in [0.29, 0.717) is 11.6 Å². The molecule has 1 aromatic carbocycles. The topological polar surface area (TPSA) is 90.0 Å². The van der Waals surface area contributed by atoms with Crippen molar-refractivity contribution in [1.82, 2.24) is 14.3 Å². The van der Waals surface area contributed by atoms with Gasteiger partial charge in [0.2, 0.25) is 10.0 Å². The molecule has 0 aliphatic carbocycles. The highest BCUT2D eigenvalue weighted by Crippen LogP contribution is 2.22. The average molecular weight is 329 g/mol. The second-order valence-corrected chi connectivity index (χ2v) is 6.76. The summed E-state index contributed by atoms with van der Waals surface area (Å²) in [5.41, 5.74) is 5.86. The lowest BCUT2D eigenvalue weighted by atomic mass is 10.3. The Morgan fingerprint density at radius 2 is 2.14 bits per heavy atom. The SMILES string of the molecule is Nc1cc(S(=O)(=O)NCCCCn2ccnc2)ccc1Cl. The number of anilines is 1. The first-order valence-electron chi connectivity index (χ1n) is 6.49. The number of nitrogens with two attached hydrogens (primary N) is 1. The first-order chi connectivity index (χ1) is 9.99. The number of nitrogens with zero attached hydrogens (tertiary/aromatic N) is 2. The zero-order valence-electron chi connectivity index (χ0n) is 11.4. The Balaban J connectivity index is 1.82. The van der Waals surface area contributed by atoms with Crippen molar-refractivity contribution in [2.45, 2.75) is 24.3 Å². The maximum absolute atomic E-state index is 12.1. The number of benzene rings is 1. The van der Waals surface area contributed by atoms with E-state index in [2.05, 4.69) is 9.71 Å². The molecular formula is C13H17ClN4O2S. The molecule has 3 N–H and O–H groups in total. The van der Waals surface area contributed by atoms with Crippen LogP contribution in [0.25, 0.3) is 0 Å². The maximum atomic E-state index is 12.1. The summed E-state index contributed by atoms with van der Waals surface area (Å²) in [5, 5.41) is 0.342. The van der Waals surface area contributed by atoms with Crippen molar-refractivity contribution in [3.8, 4) is 0 Å². The van der Waals surface area contributed by atoms with Crippen LogP contribution in [-0.2, 0) is 16.6 Å². The van der Waals surface area contributed by atoms with Gasteiger partial charge < -0.3 is 10.3 Å². The van der Waals surface area contributed by atoms with E-state index in [1.807, 2.05) is 10.8 Å². The Bertz CT molecular complexity index is 686. The number of hydrogen-bond acceptors (Lipinski definition) is 4. The second kappa shape index (κ2) is 6.93. The van der Waals surface area contributed by atoms with E-state index in [4.69, 9.17) is 17.3 Å². The molecule has 0 fully saturated rings. The van der Waals surface area contributed by atoms with Crippen LogP contribution in [0.15, 0.2) is 41.8 Å². The lowest BCUT2D eigenvalue weighted by molar-refractivity contribution is 0.566. The number of rotatable bonds is 7. The molecule has 0 aliphatic rings. The molecule has 0 saturated carbocycles. The number of sulfonamides is 1. The molecule has 8 heteroatoms. The first kappa shape index (κ1) is 15.8. The second-order valence-electron chi connectivity index (χ2n) is 4.59. The summed E-state index contributed by atoms with van der Waals surface area (Å²) < 4.78 is 28.6. The van der Waals surface area contributed by atoms with E-state index in [0.717, 1.165) is 19.4 Å². The Morgan fingerprint density at radius 3 is 2.81 bits per heavy atom. The summed E-state index contributed by atoms with van der Waals surface area (Å²) in [5.74, 6) is 0. The quantitative estimate of drug-likeness (QED) is 0.600.